The van der Waals surface area contributed by atoms with Crippen molar-refractivity contribution in [1.82, 2.24) is 14.9 Å². The largest absolute Gasteiger partial charge is 0.387 e. The first-order valence-electron chi connectivity index (χ1n) is 5.97. The summed E-state index contributed by atoms with van der Waals surface area (Å²) in [7, 11) is 0. The van der Waals surface area contributed by atoms with Crippen molar-refractivity contribution in [1.29, 1.82) is 0 Å². The van der Waals surface area contributed by atoms with E-state index < -0.39 is 35.8 Å². The number of aromatic nitrogens is 2. The highest BCUT2D eigenvalue weighted by atomic mass is 16.6. The van der Waals surface area contributed by atoms with Gasteiger partial charge in [-0.05, 0) is 0 Å². The van der Waals surface area contributed by atoms with Crippen molar-refractivity contribution < 1.29 is 19.7 Å². The zero-order chi connectivity index (χ0) is 14.9. The molecule has 4 atom stereocenters. The lowest BCUT2D eigenvalue weighted by atomic mass is 10.1. The number of ether oxygens (including phenoxy) is 1. The van der Waals surface area contributed by atoms with E-state index in [1.165, 1.54) is 13.1 Å². The number of aromatic amines is 1. The number of carbonyl (C=O) groups excluding carboxylic acids is 1. The molecule has 1 aromatic rings. The summed E-state index contributed by atoms with van der Waals surface area (Å²) in [4.78, 5) is 35.4. The lowest BCUT2D eigenvalue weighted by molar-refractivity contribution is -0.120. The van der Waals surface area contributed by atoms with Crippen LogP contribution in [0.25, 0.3) is 0 Å². The maximum Gasteiger partial charge on any atom is 0.330 e. The Kier molecular flexibility index (Phi) is 4.02. The fraction of sp³-hybridized carbons (Fsp3) is 0.545. The number of aliphatic hydroxyl groups excluding tert-OH is 2. The molecule has 9 nitrogen and oxygen atoms in total. The third-order valence-electron chi connectivity index (χ3n) is 3.01. The lowest BCUT2D eigenvalue weighted by Crippen LogP contribution is -2.39. The highest BCUT2D eigenvalue weighted by Crippen LogP contribution is 2.27. The number of carbonyl (C=O) groups is 1. The van der Waals surface area contributed by atoms with Crippen LogP contribution in [0.1, 0.15) is 13.2 Å². The fourth-order valence-corrected chi connectivity index (χ4v) is 2.00. The molecule has 0 aromatic carbocycles. The van der Waals surface area contributed by atoms with Crippen LogP contribution in [0.2, 0.25) is 0 Å². The summed E-state index contributed by atoms with van der Waals surface area (Å²) in [5.41, 5.74) is -1.33. The van der Waals surface area contributed by atoms with E-state index in [0.29, 0.717) is 0 Å². The van der Waals surface area contributed by atoms with Crippen LogP contribution < -0.4 is 16.6 Å². The van der Waals surface area contributed by atoms with E-state index in [-0.39, 0.29) is 12.5 Å². The Labute approximate surface area is 112 Å². The summed E-state index contributed by atoms with van der Waals surface area (Å²) >= 11 is 0. The monoisotopic (exact) mass is 285 g/mol. The van der Waals surface area contributed by atoms with Crippen LogP contribution in [0.15, 0.2) is 21.9 Å². The smallest absolute Gasteiger partial charge is 0.330 e. The summed E-state index contributed by atoms with van der Waals surface area (Å²) in [6.07, 6.45) is -3.42. The number of nitrogens with one attached hydrogen (secondary N) is 2. The summed E-state index contributed by atoms with van der Waals surface area (Å²) in [5, 5.41) is 22.2. The van der Waals surface area contributed by atoms with Gasteiger partial charge in [0.15, 0.2) is 6.23 Å². The fourth-order valence-electron chi connectivity index (χ4n) is 2.00. The van der Waals surface area contributed by atoms with Gasteiger partial charge >= 0.3 is 5.69 Å². The number of H-pyrrole nitrogens is 1. The zero-order valence-corrected chi connectivity index (χ0v) is 10.6. The first kappa shape index (κ1) is 14.4. The van der Waals surface area contributed by atoms with Crippen LogP contribution in [-0.2, 0) is 9.53 Å². The molecular weight excluding hydrogens is 270 g/mol. The van der Waals surface area contributed by atoms with E-state index in [1.54, 1.807) is 0 Å². The number of aliphatic hydroxyl groups is 2. The molecule has 1 fully saturated rings. The molecule has 2 rings (SSSR count). The molecular formula is C11H15N3O6. The van der Waals surface area contributed by atoms with Crippen LogP contribution in [0.4, 0.5) is 0 Å². The second-order valence-corrected chi connectivity index (χ2v) is 4.50. The van der Waals surface area contributed by atoms with Gasteiger partial charge in [-0.2, -0.15) is 0 Å². The van der Waals surface area contributed by atoms with Gasteiger partial charge < -0.3 is 20.3 Å². The van der Waals surface area contributed by atoms with Gasteiger partial charge in [0.05, 0.1) is 0 Å². The maximum atomic E-state index is 11.6. The van der Waals surface area contributed by atoms with Gasteiger partial charge in [0, 0.05) is 25.7 Å². The number of amides is 1. The van der Waals surface area contributed by atoms with Crippen molar-refractivity contribution in [3.05, 3.63) is 33.1 Å². The van der Waals surface area contributed by atoms with Gasteiger partial charge in [-0.1, -0.05) is 0 Å². The predicted octanol–water partition coefficient (Wildman–Crippen LogP) is -2.71. The van der Waals surface area contributed by atoms with Gasteiger partial charge in [-0.3, -0.25) is 19.1 Å². The Morgan fingerprint density at radius 2 is 2.15 bits per heavy atom. The van der Waals surface area contributed by atoms with Gasteiger partial charge in [0.1, 0.15) is 18.3 Å². The van der Waals surface area contributed by atoms with E-state index in [9.17, 15) is 24.6 Å². The van der Waals surface area contributed by atoms with Gasteiger partial charge in [0.25, 0.3) is 5.56 Å². The van der Waals surface area contributed by atoms with E-state index in [0.717, 1.165) is 10.6 Å². The van der Waals surface area contributed by atoms with E-state index in [2.05, 4.69) is 5.32 Å². The third-order valence-corrected chi connectivity index (χ3v) is 3.01. The molecule has 0 aliphatic carbocycles. The molecule has 110 valence electrons. The first-order chi connectivity index (χ1) is 9.40. The highest BCUT2D eigenvalue weighted by Gasteiger charge is 2.43. The van der Waals surface area contributed by atoms with Crippen LogP contribution >= 0.6 is 0 Å². The van der Waals surface area contributed by atoms with E-state index in [1.807, 2.05) is 4.98 Å². The van der Waals surface area contributed by atoms with Gasteiger partial charge in [-0.15, -0.1) is 0 Å². The molecule has 0 radical (unpaired) electrons. The second kappa shape index (κ2) is 5.57. The molecule has 1 saturated heterocycles. The van der Waals surface area contributed by atoms with Crippen molar-refractivity contribution in [2.24, 2.45) is 0 Å². The Bertz CT molecular complexity index is 609. The Morgan fingerprint density at radius 3 is 2.75 bits per heavy atom. The topological polar surface area (TPSA) is 134 Å². The van der Waals surface area contributed by atoms with E-state index >= 15 is 0 Å². The lowest BCUT2D eigenvalue weighted by Gasteiger charge is -2.16. The van der Waals surface area contributed by atoms with Crippen LogP contribution in [-0.4, -0.2) is 50.5 Å². The molecule has 1 aliphatic rings. The molecule has 20 heavy (non-hydrogen) atoms. The molecule has 2 heterocycles. The minimum Gasteiger partial charge on any atom is -0.387 e. The molecule has 0 unspecified atom stereocenters. The summed E-state index contributed by atoms with van der Waals surface area (Å²) in [6.45, 7) is 1.31. The van der Waals surface area contributed by atoms with Crippen LogP contribution in [0, 0.1) is 0 Å². The molecule has 4 N–H and O–H groups in total. The Balaban J connectivity index is 2.19. The van der Waals surface area contributed by atoms with Crippen molar-refractivity contribution in [3.63, 3.8) is 0 Å². The molecule has 0 spiro atoms. The Morgan fingerprint density at radius 1 is 1.45 bits per heavy atom. The average molecular weight is 285 g/mol. The first-order valence-corrected chi connectivity index (χ1v) is 5.97. The van der Waals surface area contributed by atoms with Crippen molar-refractivity contribution in [2.45, 2.75) is 31.5 Å². The highest BCUT2D eigenvalue weighted by molar-refractivity contribution is 5.72. The zero-order valence-electron chi connectivity index (χ0n) is 10.6. The number of hydrogen-bond donors (Lipinski definition) is 4. The molecule has 1 amide bonds. The quantitative estimate of drug-likeness (QED) is 0.477. The molecule has 9 heteroatoms. The number of rotatable bonds is 3. The molecule has 1 aromatic heterocycles. The summed E-state index contributed by atoms with van der Waals surface area (Å²) in [6, 6.07) is 1.10. The van der Waals surface area contributed by atoms with E-state index in [4.69, 9.17) is 4.74 Å². The van der Waals surface area contributed by atoms with Gasteiger partial charge in [-0.25, -0.2) is 4.79 Å². The van der Waals surface area contributed by atoms with Crippen LogP contribution in [0.3, 0.4) is 0 Å². The SMILES string of the molecule is CC(=O)NC[C@H]1O[C@@H](n2ccc(=O)[nH]c2=O)[C@H](O)[C@@H]1O. The standard InChI is InChI=1S/C11H15N3O6/c1-5(15)12-4-6-8(17)9(18)10(20-6)14-3-2-7(16)13-11(14)19/h2-3,6,8-10,17-18H,4H2,1H3,(H,12,15)(H,13,16,19)/t6-,8-,9-,10-/m1/s1. The minimum atomic E-state index is -1.35. The summed E-state index contributed by atoms with van der Waals surface area (Å²) in [5.74, 6) is -0.306. The molecule has 1 aliphatic heterocycles. The van der Waals surface area contributed by atoms with Gasteiger partial charge in [0.2, 0.25) is 5.91 Å². The Hall–Kier alpha value is -1.97. The van der Waals surface area contributed by atoms with Crippen molar-refractivity contribution in [2.75, 3.05) is 6.54 Å². The average Bonchev–Trinajstić information content (AvgIpc) is 2.64. The minimum absolute atomic E-state index is 0.00215. The summed E-state index contributed by atoms with van der Waals surface area (Å²) < 4.78 is 6.34. The predicted molar refractivity (Wildman–Crippen MR) is 65.9 cm³/mol. The second-order valence-electron chi connectivity index (χ2n) is 4.50. The molecule has 0 saturated carbocycles. The number of nitrogens with zero attached hydrogens (tertiary/aromatic N) is 1. The number of hydrogen-bond acceptors (Lipinski definition) is 6. The molecule has 0 bridgehead atoms. The maximum absolute atomic E-state index is 11.6. The van der Waals surface area contributed by atoms with Crippen molar-refractivity contribution >= 4 is 5.91 Å². The third kappa shape index (κ3) is 2.79. The van der Waals surface area contributed by atoms with Crippen molar-refractivity contribution in [3.8, 4) is 0 Å². The normalized spacial score (nSPS) is 29.4. The van der Waals surface area contributed by atoms with Crippen LogP contribution in [0.5, 0.6) is 0 Å².